The van der Waals surface area contributed by atoms with Gasteiger partial charge >= 0.3 is 0 Å². The van der Waals surface area contributed by atoms with E-state index in [-0.39, 0.29) is 12.4 Å². The molecule has 0 bridgehead atoms. The lowest BCUT2D eigenvalue weighted by Crippen LogP contribution is -2.09. The summed E-state index contributed by atoms with van der Waals surface area (Å²) >= 11 is 5.97. The van der Waals surface area contributed by atoms with Crippen LogP contribution >= 0.6 is 24.0 Å². The molecule has 3 N–H and O–H groups in total. The third-order valence-corrected chi connectivity index (χ3v) is 2.28. The van der Waals surface area contributed by atoms with E-state index < -0.39 is 0 Å². The highest BCUT2D eigenvalue weighted by molar-refractivity contribution is 6.32. The molecule has 90 valence electrons. The summed E-state index contributed by atoms with van der Waals surface area (Å²) in [4.78, 5) is 4.02. The van der Waals surface area contributed by atoms with Gasteiger partial charge in [0.25, 0.3) is 0 Å². The first-order valence-corrected chi connectivity index (χ1v) is 5.03. The maximum atomic E-state index is 5.97. The summed E-state index contributed by atoms with van der Waals surface area (Å²) in [5.41, 5.74) is 2.46. The molecule has 0 saturated heterocycles. The second-order valence-electron chi connectivity index (χ2n) is 3.03. The largest absolute Gasteiger partial charge is 0.452 e. The quantitative estimate of drug-likeness (QED) is 0.665. The van der Waals surface area contributed by atoms with Crippen LogP contribution in [0, 0.1) is 0 Å². The van der Waals surface area contributed by atoms with Crippen LogP contribution in [0.2, 0.25) is 5.02 Å². The van der Waals surface area contributed by atoms with Crippen LogP contribution in [0.1, 0.15) is 0 Å². The van der Waals surface area contributed by atoms with Crippen molar-refractivity contribution in [1.29, 1.82) is 0 Å². The van der Waals surface area contributed by atoms with Gasteiger partial charge in [-0.1, -0.05) is 23.7 Å². The summed E-state index contributed by atoms with van der Waals surface area (Å²) in [6, 6.07) is 10.7. The van der Waals surface area contributed by atoms with Crippen LogP contribution in [-0.4, -0.2) is 4.98 Å². The standard InChI is InChI=1S/C11H10ClN3O.ClH/c12-8-4-1-2-5-9(8)16-10-6-3-7-14-11(10)15-13;/h1-7H,13H2,(H,14,15);1H. The van der Waals surface area contributed by atoms with Crippen molar-refractivity contribution in [1.82, 2.24) is 4.98 Å². The zero-order valence-electron chi connectivity index (χ0n) is 8.76. The number of benzene rings is 1. The van der Waals surface area contributed by atoms with Crippen LogP contribution < -0.4 is 16.0 Å². The normalized spacial score (nSPS) is 9.29. The molecular weight excluding hydrogens is 261 g/mol. The van der Waals surface area contributed by atoms with Crippen LogP contribution in [0.3, 0.4) is 0 Å². The SMILES string of the molecule is Cl.NNc1ncccc1Oc1ccccc1Cl. The molecule has 0 saturated carbocycles. The molecule has 0 fully saturated rings. The molecule has 6 heteroatoms. The summed E-state index contributed by atoms with van der Waals surface area (Å²) < 4.78 is 5.59. The van der Waals surface area contributed by atoms with Crippen molar-refractivity contribution in [2.45, 2.75) is 0 Å². The number of hydrogen-bond acceptors (Lipinski definition) is 4. The maximum Gasteiger partial charge on any atom is 0.183 e. The van der Waals surface area contributed by atoms with Crippen molar-refractivity contribution in [3.63, 3.8) is 0 Å². The van der Waals surface area contributed by atoms with E-state index in [4.69, 9.17) is 22.2 Å². The van der Waals surface area contributed by atoms with E-state index in [1.54, 1.807) is 30.5 Å². The van der Waals surface area contributed by atoms with E-state index in [0.717, 1.165) is 0 Å². The molecule has 0 unspecified atom stereocenters. The van der Waals surface area contributed by atoms with Crippen molar-refractivity contribution in [2.75, 3.05) is 5.43 Å². The number of rotatable bonds is 3. The minimum absolute atomic E-state index is 0. The van der Waals surface area contributed by atoms with Crippen molar-refractivity contribution in [2.24, 2.45) is 5.84 Å². The Morgan fingerprint density at radius 1 is 1.12 bits per heavy atom. The topological polar surface area (TPSA) is 60.2 Å². The predicted octanol–water partition coefficient (Wildman–Crippen LogP) is 3.23. The van der Waals surface area contributed by atoms with Gasteiger partial charge in [0.1, 0.15) is 5.75 Å². The van der Waals surface area contributed by atoms with Gasteiger partial charge in [0, 0.05) is 6.20 Å². The van der Waals surface area contributed by atoms with Crippen molar-refractivity contribution in [3.8, 4) is 11.5 Å². The molecule has 0 aliphatic heterocycles. The lowest BCUT2D eigenvalue weighted by Gasteiger charge is -2.10. The molecule has 4 nitrogen and oxygen atoms in total. The van der Waals surface area contributed by atoms with Crippen LogP contribution in [0.4, 0.5) is 5.82 Å². The number of ether oxygens (including phenoxy) is 1. The lowest BCUT2D eigenvalue weighted by atomic mass is 10.3. The Kier molecular flexibility index (Phi) is 5.03. The van der Waals surface area contributed by atoms with Crippen LogP contribution in [-0.2, 0) is 0 Å². The Hall–Kier alpha value is -1.49. The third-order valence-electron chi connectivity index (χ3n) is 1.96. The Morgan fingerprint density at radius 3 is 2.53 bits per heavy atom. The number of pyridine rings is 1. The number of nitrogens with two attached hydrogens (primary N) is 1. The number of halogens is 2. The van der Waals surface area contributed by atoms with Gasteiger partial charge in [-0.3, -0.25) is 0 Å². The van der Waals surface area contributed by atoms with E-state index >= 15 is 0 Å². The number of nitrogens with zero attached hydrogens (tertiary/aromatic N) is 1. The molecule has 0 amide bonds. The average molecular weight is 272 g/mol. The van der Waals surface area contributed by atoms with Gasteiger partial charge in [0.2, 0.25) is 0 Å². The van der Waals surface area contributed by atoms with E-state index in [1.807, 2.05) is 12.1 Å². The van der Waals surface area contributed by atoms with E-state index in [1.165, 1.54) is 0 Å². The van der Waals surface area contributed by atoms with Crippen LogP contribution in [0.15, 0.2) is 42.6 Å². The number of anilines is 1. The Morgan fingerprint density at radius 2 is 1.82 bits per heavy atom. The van der Waals surface area contributed by atoms with Crippen LogP contribution in [0.25, 0.3) is 0 Å². The Balaban J connectivity index is 0.00000144. The number of hydrogen-bond donors (Lipinski definition) is 2. The zero-order chi connectivity index (χ0) is 11.4. The maximum absolute atomic E-state index is 5.97. The van der Waals surface area contributed by atoms with E-state index in [2.05, 4.69) is 10.4 Å². The molecule has 0 atom stereocenters. The van der Waals surface area contributed by atoms with Crippen molar-refractivity contribution < 1.29 is 4.74 Å². The fourth-order valence-electron chi connectivity index (χ4n) is 1.23. The molecule has 17 heavy (non-hydrogen) atoms. The van der Waals surface area contributed by atoms with Crippen molar-refractivity contribution in [3.05, 3.63) is 47.6 Å². The Bertz CT molecular complexity index is 494. The van der Waals surface area contributed by atoms with E-state index in [0.29, 0.717) is 22.3 Å². The minimum Gasteiger partial charge on any atom is -0.452 e. The number of nitrogen functional groups attached to an aromatic ring is 1. The first-order valence-electron chi connectivity index (χ1n) is 4.65. The molecule has 0 spiro atoms. The number of hydrazine groups is 1. The van der Waals surface area contributed by atoms with Crippen LogP contribution in [0.5, 0.6) is 11.5 Å². The lowest BCUT2D eigenvalue weighted by molar-refractivity contribution is 0.482. The molecule has 2 aromatic rings. The molecule has 1 heterocycles. The van der Waals surface area contributed by atoms with Gasteiger partial charge in [-0.25, -0.2) is 10.8 Å². The van der Waals surface area contributed by atoms with Gasteiger partial charge in [-0.15, -0.1) is 12.4 Å². The number of nitrogens with one attached hydrogen (secondary N) is 1. The van der Waals surface area contributed by atoms with Gasteiger partial charge in [0.05, 0.1) is 5.02 Å². The highest BCUT2D eigenvalue weighted by atomic mass is 35.5. The third kappa shape index (κ3) is 3.23. The monoisotopic (exact) mass is 271 g/mol. The molecular formula is C11H11Cl2N3O. The summed E-state index contributed by atoms with van der Waals surface area (Å²) in [5, 5.41) is 0.536. The fraction of sp³-hybridized carbons (Fsp3) is 0. The van der Waals surface area contributed by atoms with Gasteiger partial charge in [-0.05, 0) is 24.3 Å². The second kappa shape index (κ2) is 6.30. The summed E-state index contributed by atoms with van der Waals surface area (Å²) in [6.07, 6.45) is 1.62. The highest BCUT2D eigenvalue weighted by Gasteiger charge is 2.06. The molecule has 2 rings (SSSR count). The summed E-state index contributed by atoms with van der Waals surface area (Å²) in [7, 11) is 0. The van der Waals surface area contributed by atoms with Gasteiger partial charge in [-0.2, -0.15) is 0 Å². The molecule has 0 aliphatic rings. The average Bonchev–Trinajstić information content (AvgIpc) is 2.33. The molecule has 1 aromatic heterocycles. The Labute approximate surface area is 110 Å². The predicted molar refractivity (Wildman–Crippen MR) is 70.8 cm³/mol. The smallest absolute Gasteiger partial charge is 0.183 e. The summed E-state index contributed by atoms with van der Waals surface area (Å²) in [6.45, 7) is 0. The number of para-hydroxylation sites is 1. The molecule has 0 aliphatic carbocycles. The first kappa shape index (κ1) is 13.6. The van der Waals surface area contributed by atoms with Crippen molar-refractivity contribution >= 4 is 29.8 Å². The van der Waals surface area contributed by atoms with Gasteiger partial charge in [0.15, 0.2) is 11.6 Å². The summed E-state index contributed by atoms with van der Waals surface area (Å²) in [5.74, 6) is 6.87. The number of aromatic nitrogens is 1. The highest BCUT2D eigenvalue weighted by Crippen LogP contribution is 2.31. The zero-order valence-corrected chi connectivity index (χ0v) is 10.3. The molecule has 1 aromatic carbocycles. The van der Waals surface area contributed by atoms with Gasteiger partial charge < -0.3 is 10.2 Å². The second-order valence-corrected chi connectivity index (χ2v) is 3.43. The van der Waals surface area contributed by atoms with E-state index in [9.17, 15) is 0 Å². The first-order chi connectivity index (χ1) is 7.81. The minimum atomic E-state index is 0. The fourth-order valence-corrected chi connectivity index (χ4v) is 1.40. The molecule has 0 radical (unpaired) electrons.